The maximum absolute atomic E-state index is 5.76. The molecule has 0 saturated heterocycles. The molecule has 2 fully saturated rings. The molecule has 0 radical (unpaired) electrons. The molecule has 18 heavy (non-hydrogen) atoms. The minimum absolute atomic E-state index is 0.748. The van der Waals surface area contributed by atoms with E-state index in [1.54, 1.807) is 0 Å². The second-order valence-electron chi connectivity index (χ2n) is 5.69. The minimum atomic E-state index is 0.748. The van der Waals surface area contributed by atoms with Crippen molar-refractivity contribution in [1.82, 2.24) is 10.3 Å². The van der Waals surface area contributed by atoms with Crippen molar-refractivity contribution in [2.45, 2.75) is 51.6 Å². The molecule has 2 saturated carbocycles. The monoisotopic (exact) mass is 246 g/mol. The molecule has 0 bridgehead atoms. The Morgan fingerprint density at radius 2 is 2.11 bits per heavy atom. The summed E-state index contributed by atoms with van der Waals surface area (Å²) in [6.45, 7) is 3.79. The summed E-state index contributed by atoms with van der Waals surface area (Å²) in [5.41, 5.74) is 2.34. The summed E-state index contributed by atoms with van der Waals surface area (Å²) >= 11 is 0. The molecule has 1 aromatic rings. The fraction of sp³-hybridized carbons (Fsp3) is 0.667. The van der Waals surface area contributed by atoms with Gasteiger partial charge in [-0.2, -0.15) is 0 Å². The second kappa shape index (κ2) is 5.27. The smallest absolute Gasteiger partial charge is 0.213 e. The minimum Gasteiger partial charge on any atom is -0.478 e. The third-order valence-corrected chi connectivity index (χ3v) is 3.63. The van der Waals surface area contributed by atoms with Gasteiger partial charge >= 0.3 is 0 Å². The molecule has 0 aromatic carbocycles. The van der Waals surface area contributed by atoms with Crippen LogP contribution in [0.2, 0.25) is 0 Å². The van der Waals surface area contributed by atoms with E-state index >= 15 is 0 Å². The number of aryl methyl sites for hydroxylation is 1. The third kappa shape index (κ3) is 3.70. The number of rotatable bonds is 7. The lowest BCUT2D eigenvalue weighted by atomic mass is 10.2. The summed E-state index contributed by atoms with van der Waals surface area (Å²) in [5, 5.41) is 3.53. The zero-order valence-corrected chi connectivity index (χ0v) is 11.1. The summed E-state index contributed by atoms with van der Waals surface area (Å²) in [7, 11) is 0. The first kappa shape index (κ1) is 12.0. The standard InChI is InChI=1S/C15H22N2O/c1-11-8-13(10-16-14-4-5-14)9-15(17-11)18-7-6-12-2-3-12/h8-9,12,14,16H,2-7,10H2,1H3. The fourth-order valence-electron chi connectivity index (χ4n) is 2.17. The molecule has 98 valence electrons. The van der Waals surface area contributed by atoms with Crippen LogP contribution in [0.15, 0.2) is 12.1 Å². The van der Waals surface area contributed by atoms with Gasteiger partial charge in [0.25, 0.3) is 0 Å². The SMILES string of the molecule is Cc1cc(CNC2CC2)cc(OCCC2CC2)n1. The van der Waals surface area contributed by atoms with Crippen molar-refractivity contribution in [2.75, 3.05) is 6.61 Å². The van der Waals surface area contributed by atoms with Crippen LogP contribution >= 0.6 is 0 Å². The summed E-state index contributed by atoms with van der Waals surface area (Å²) in [6.07, 6.45) is 6.62. The van der Waals surface area contributed by atoms with E-state index in [2.05, 4.69) is 22.4 Å². The molecule has 0 spiro atoms. The normalized spacial score (nSPS) is 18.9. The predicted octanol–water partition coefficient (Wildman–Crippen LogP) is 2.82. The van der Waals surface area contributed by atoms with Gasteiger partial charge in [0.05, 0.1) is 6.61 Å². The van der Waals surface area contributed by atoms with Crippen molar-refractivity contribution in [3.8, 4) is 5.88 Å². The van der Waals surface area contributed by atoms with Gasteiger partial charge in [0.2, 0.25) is 5.88 Å². The van der Waals surface area contributed by atoms with Crippen molar-refractivity contribution < 1.29 is 4.74 Å². The molecule has 0 aliphatic heterocycles. The first-order chi connectivity index (χ1) is 8.79. The van der Waals surface area contributed by atoms with Gasteiger partial charge in [0.1, 0.15) is 0 Å². The summed E-state index contributed by atoms with van der Waals surface area (Å²) in [6, 6.07) is 4.97. The van der Waals surface area contributed by atoms with Gasteiger partial charge in [0.15, 0.2) is 0 Å². The van der Waals surface area contributed by atoms with Crippen LogP contribution in [0.25, 0.3) is 0 Å². The van der Waals surface area contributed by atoms with E-state index in [1.807, 2.05) is 6.92 Å². The highest BCUT2D eigenvalue weighted by molar-refractivity contribution is 5.24. The van der Waals surface area contributed by atoms with E-state index in [4.69, 9.17) is 4.74 Å². The van der Waals surface area contributed by atoms with E-state index < -0.39 is 0 Å². The Kier molecular flexibility index (Phi) is 3.50. The van der Waals surface area contributed by atoms with E-state index in [0.717, 1.165) is 36.7 Å². The molecule has 3 heteroatoms. The number of hydrogen-bond donors (Lipinski definition) is 1. The van der Waals surface area contributed by atoms with Crippen LogP contribution in [-0.4, -0.2) is 17.6 Å². The first-order valence-corrected chi connectivity index (χ1v) is 7.13. The average Bonchev–Trinajstić information content (AvgIpc) is 3.21. The molecule has 3 rings (SSSR count). The van der Waals surface area contributed by atoms with Crippen LogP contribution in [0.1, 0.15) is 43.4 Å². The number of nitrogens with zero attached hydrogens (tertiary/aromatic N) is 1. The number of pyridine rings is 1. The third-order valence-electron chi connectivity index (χ3n) is 3.63. The number of aromatic nitrogens is 1. The van der Waals surface area contributed by atoms with E-state index in [0.29, 0.717) is 0 Å². The lowest BCUT2D eigenvalue weighted by Crippen LogP contribution is -2.15. The van der Waals surface area contributed by atoms with Gasteiger partial charge < -0.3 is 10.1 Å². The highest BCUT2D eigenvalue weighted by atomic mass is 16.5. The number of nitrogens with one attached hydrogen (secondary N) is 1. The van der Waals surface area contributed by atoms with Gasteiger partial charge in [0, 0.05) is 24.3 Å². The number of hydrogen-bond acceptors (Lipinski definition) is 3. The fourth-order valence-corrected chi connectivity index (χ4v) is 2.17. The van der Waals surface area contributed by atoms with Gasteiger partial charge in [-0.25, -0.2) is 4.98 Å². The molecule has 1 N–H and O–H groups in total. The Hall–Kier alpha value is -1.09. The molecule has 2 aliphatic rings. The van der Waals surface area contributed by atoms with Crippen molar-refractivity contribution in [3.05, 3.63) is 23.4 Å². The van der Waals surface area contributed by atoms with Crippen LogP contribution in [0.5, 0.6) is 5.88 Å². The van der Waals surface area contributed by atoms with E-state index in [-0.39, 0.29) is 0 Å². The lowest BCUT2D eigenvalue weighted by Gasteiger charge is -2.09. The molecular formula is C15H22N2O. The van der Waals surface area contributed by atoms with Gasteiger partial charge in [-0.15, -0.1) is 0 Å². The molecule has 0 unspecified atom stereocenters. The zero-order chi connectivity index (χ0) is 12.4. The van der Waals surface area contributed by atoms with Gasteiger partial charge in [-0.05, 0) is 43.7 Å². The summed E-state index contributed by atoms with van der Waals surface area (Å²) in [4.78, 5) is 4.44. The number of ether oxygens (including phenoxy) is 1. The predicted molar refractivity (Wildman–Crippen MR) is 71.7 cm³/mol. The Morgan fingerprint density at radius 1 is 1.28 bits per heavy atom. The van der Waals surface area contributed by atoms with Gasteiger partial charge in [-0.1, -0.05) is 12.8 Å². The van der Waals surface area contributed by atoms with E-state index in [9.17, 15) is 0 Å². The van der Waals surface area contributed by atoms with Crippen LogP contribution in [-0.2, 0) is 6.54 Å². The molecule has 0 atom stereocenters. The van der Waals surface area contributed by atoms with Crippen LogP contribution < -0.4 is 10.1 Å². The van der Waals surface area contributed by atoms with Crippen LogP contribution in [0.4, 0.5) is 0 Å². The quantitative estimate of drug-likeness (QED) is 0.803. The van der Waals surface area contributed by atoms with Gasteiger partial charge in [-0.3, -0.25) is 0 Å². The summed E-state index contributed by atoms with van der Waals surface area (Å²) < 4.78 is 5.76. The molecular weight excluding hydrogens is 224 g/mol. The van der Waals surface area contributed by atoms with Crippen molar-refractivity contribution in [2.24, 2.45) is 5.92 Å². The lowest BCUT2D eigenvalue weighted by molar-refractivity contribution is 0.290. The maximum atomic E-state index is 5.76. The van der Waals surface area contributed by atoms with Crippen LogP contribution in [0.3, 0.4) is 0 Å². The summed E-state index contributed by atoms with van der Waals surface area (Å²) in [5.74, 6) is 1.72. The second-order valence-corrected chi connectivity index (χ2v) is 5.69. The topological polar surface area (TPSA) is 34.1 Å². The Balaban J connectivity index is 1.53. The van der Waals surface area contributed by atoms with E-state index in [1.165, 1.54) is 37.7 Å². The Bertz CT molecular complexity index is 411. The van der Waals surface area contributed by atoms with Crippen LogP contribution in [0, 0.1) is 12.8 Å². The Labute approximate surface area is 109 Å². The van der Waals surface area contributed by atoms with Crippen molar-refractivity contribution >= 4 is 0 Å². The highest BCUT2D eigenvalue weighted by Gasteiger charge is 2.21. The average molecular weight is 246 g/mol. The largest absolute Gasteiger partial charge is 0.478 e. The van der Waals surface area contributed by atoms with Crippen molar-refractivity contribution in [3.63, 3.8) is 0 Å². The zero-order valence-electron chi connectivity index (χ0n) is 11.1. The van der Waals surface area contributed by atoms with Crippen molar-refractivity contribution in [1.29, 1.82) is 0 Å². The molecule has 1 heterocycles. The maximum Gasteiger partial charge on any atom is 0.213 e. The highest BCUT2D eigenvalue weighted by Crippen LogP contribution is 2.32. The molecule has 3 nitrogen and oxygen atoms in total. The first-order valence-electron chi connectivity index (χ1n) is 7.13. The molecule has 2 aliphatic carbocycles. The Morgan fingerprint density at radius 3 is 2.83 bits per heavy atom. The molecule has 1 aromatic heterocycles. The molecule has 0 amide bonds.